The van der Waals surface area contributed by atoms with Gasteiger partial charge in [0.2, 0.25) is 0 Å². The van der Waals surface area contributed by atoms with E-state index in [0.29, 0.717) is 13.1 Å². The minimum absolute atomic E-state index is 0.0212. The van der Waals surface area contributed by atoms with Crippen molar-refractivity contribution in [2.45, 2.75) is 25.3 Å². The van der Waals surface area contributed by atoms with Gasteiger partial charge in [0.05, 0.1) is 6.04 Å². The molecular weight excluding hydrogens is 236 g/mol. The average molecular weight is 248 g/mol. The molecule has 2 aliphatic heterocycles. The molecule has 0 radical (unpaired) electrons. The van der Waals surface area contributed by atoms with Crippen LogP contribution in [0, 0.1) is 5.41 Å². The van der Waals surface area contributed by atoms with E-state index < -0.39 is 16.4 Å². The van der Waals surface area contributed by atoms with Gasteiger partial charge in [-0.2, -0.15) is 13.5 Å². The molecule has 1 aliphatic carbocycles. The Kier molecular flexibility index (Phi) is 1.85. The molecule has 3 aliphatic rings. The third-order valence-electron chi connectivity index (χ3n) is 3.79. The van der Waals surface area contributed by atoms with Gasteiger partial charge in [-0.15, -0.1) is 4.28 Å². The van der Waals surface area contributed by atoms with Crippen LogP contribution < -0.4 is 0 Å². The summed E-state index contributed by atoms with van der Waals surface area (Å²) in [5, 5.41) is 0.829. The lowest BCUT2D eigenvalue weighted by Gasteiger charge is -2.30. The Balaban J connectivity index is 1.89. The smallest absolute Gasteiger partial charge is 0.321 e. The summed E-state index contributed by atoms with van der Waals surface area (Å²) in [4.78, 5) is 13.3. The molecule has 2 bridgehead atoms. The molecule has 8 heteroatoms. The van der Waals surface area contributed by atoms with Gasteiger partial charge in [0, 0.05) is 13.1 Å². The van der Waals surface area contributed by atoms with E-state index in [4.69, 9.17) is 4.55 Å². The average Bonchev–Trinajstić information content (AvgIpc) is 2.89. The number of carbonyl (C=O) groups is 1. The fraction of sp³-hybridized carbons (Fsp3) is 0.875. The standard InChI is InChI=1S/C8H12N2O5S/c11-7-9-4-3-8(1-2-8)6(5-9)10(7)15-16(12,13)14/h6H,1-5H2,(H,12,13,14). The maximum absolute atomic E-state index is 11.7. The van der Waals surface area contributed by atoms with Crippen LogP contribution in [0.2, 0.25) is 0 Å². The maximum Gasteiger partial charge on any atom is 0.418 e. The molecule has 1 saturated carbocycles. The quantitative estimate of drug-likeness (QED) is 0.695. The van der Waals surface area contributed by atoms with Crippen LogP contribution in [0.25, 0.3) is 0 Å². The Morgan fingerprint density at radius 1 is 1.38 bits per heavy atom. The van der Waals surface area contributed by atoms with Gasteiger partial charge in [-0.1, -0.05) is 0 Å². The van der Waals surface area contributed by atoms with Crippen molar-refractivity contribution in [2.24, 2.45) is 5.41 Å². The van der Waals surface area contributed by atoms with Crippen molar-refractivity contribution in [3.05, 3.63) is 0 Å². The Hall–Kier alpha value is -0.860. The van der Waals surface area contributed by atoms with Gasteiger partial charge in [0.1, 0.15) is 0 Å². The maximum atomic E-state index is 11.7. The van der Waals surface area contributed by atoms with Crippen LogP contribution in [-0.2, 0) is 14.7 Å². The summed E-state index contributed by atoms with van der Waals surface area (Å²) in [5.41, 5.74) is 0.0212. The van der Waals surface area contributed by atoms with E-state index in [1.807, 2.05) is 0 Å². The zero-order valence-corrected chi connectivity index (χ0v) is 9.31. The number of rotatable bonds is 2. The van der Waals surface area contributed by atoms with Gasteiger partial charge < -0.3 is 4.90 Å². The third-order valence-corrected chi connectivity index (χ3v) is 4.14. The van der Waals surface area contributed by atoms with Gasteiger partial charge in [0.15, 0.2) is 0 Å². The normalized spacial score (nSPS) is 31.3. The number of hydrogen-bond donors (Lipinski definition) is 1. The van der Waals surface area contributed by atoms with E-state index in [9.17, 15) is 13.2 Å². The van der Waals surface area contributed by atoms with Crippen LogP contribution in [0.4, 0.5) is 4.79 Å². The summed E-state index contributed by atoms with van der Waals surface area (Å²) in [5.74, 6) is 0. The van der Waals surface area contributed by atoms with Crippen LogP contribution >= 0.6 is 0 Å². The summed E-state index contributed by atoms with van der Waals surface area (Å²) < 4.78 is 34.4. The van der Waals surface area contributed by atoms with Crippen molar-refractivity contribution in [2.75, 3.05) is 13.1 Å². The molecule has 1 N–H and O–H groups in total. The molecule has 2 amide bonds. The van der Waals surface area contributed by atoms with Crippen LogP contribution in [0.1, 0.15) is 19.3 Å². The minimum Gasteiger partial charge on any atom is -0.321 e. The van der Waals surface area contributed by atoms with Crippen molar-refractivity contribution < 1.29 is 22.0 Å². The second kappa shape index (κ2) is 2.88. The fourth-order valence-electron chi connectivity index (χ4n) is 2.72. The molecule has 1 unspecified atom stereocenters. The number of fused-ring (bicyclic) bond motifs is 3. The molecule has 1 spiro atoms. The summed E-state index contributed by atoms with van der Waals surface area (Å²) in [6.45, 7) is 1.13. The first-order valence-electron chi connectivity index (χ1n) is 5.16. The monoisotopic (exact) mass is 248 g/mol. The molecule has 90 valence electrons. The van der Waals surface area contributed by atoms with Crippen molar-refractivity contribution in [1.29, 1.82) is 0 Å². The minimum atomic E-state index is -4.62. The van der Waals surface area contributed by atoms with Crippen molar-refractivity contribution in [3.63, 3.8) is 0 Å². The molecule has 2 saturated heterocycles. The van der Waals surface area contributed by atoms with E-state index in [-0.39, 0.29) is 11.5 Å². The second-order valence-corrected chi connectivity index (χ2v) is 5.69. The van der Waals surface area contributed by atoms with Crippen LogP contribution in [0.15, 0.2) is 0 Å². The molecule has 0 aromatic rings. The second-order valence-electron chi connectivity index (χ2n) is 4.68. The van der Waals surface area contributed by atoms with Gasteiger partial charge in [-0.3, -0.25) is 4.55 Å². The molecule has 3 rings (SSSR count). The van der Waals surface area contributed by atoms with Gasteiger partial charge in [-0.05, 0) is 24.7 Å². The van der Waals surface area contributed by atoms with Crippen molar-refractivity contribution in [1.82, 2.24) is 9.96 Å². The van der Waals surface area contributed by atoms with E-state index in [2.05, 4.69) is 4.28 Å². The van der Waals surface area contributed by atoms with Crippen molar-refractivity contribution in [3.8, 4) is 0 Å². The number of hydroxylamine groups is 2. The predicted octanol–water partition coefficient (Wildman–Crippen LogP) is 0.0109. The number of piperidine rings is 1. The summed E-state index contributed by atoms with van der Waals surface area (Å²) >= 11 is 0. The number of carbonyl (C=O) groups excluding carboxylic acids is 1. The van der Waals surface area contributed by atoms with Gasteiger partial charge >= 0.3 is 16.4 Å². The summed E-state index contributed by atoms with van der Waals surface area (Å²) in [6.07, 6.45) is 2.86. The highest BCUT2D eigenvalue weighted by Crippen LogP contribution is 2.57. The van der Waals surface area contributed by atoms with Crippen molar-refractivity contribution >= 4 is 16.4 Å². The number of urea groups is 1. The van der Waals surface area contributed by atoms with E-state index >= 15 is 0 Å². The highest BCUT2D eigenvalue weighted by atomic mass is 32.3. The fourth-order valence-corrected chi connectivity index (χ4v) is 3.09. The Bertz CT molecular complexity index is 443. The molecule has 0 aromatic carbocycles. The summed E-state index contributed by atoms with van der Waals surface area (Å²) in [6, 6.07) is -0.706. The highest BCUT2D eigenvalue weighted by molar-refractivity contribution is 7.80. The molecule has 7 nitrogen and oxygen atoms in total. The SMILES string of the molecule is O=C1N2CCC3(CC3)C(C2)N1OS(=O)(=O)O. The zero-order chi connectivity index (χ0) is 11.6. The topological polar surface area (TPSA) is 87.2 Å². The van der Waals surface area contributed by atoms with Gasteiger partial charge in [-0.25, -0.2) is 4.79 Å². The lowest BCUT2D eigenvalue weighted by molar-refractivity contribution is -0.0514. The number of hydrogen-bond acceptors (Lipinski definition) is 4. The highest BCUT2D eigenvalue weighted by Gasteiger charge is 2.61. The molecule has 3 fully saturated rings. The van der Waals surface area contributed by atoms with Crippen LogP contribution in [0.3, 0.4) is 0 Å². The van der Waals surface area contributed by atoms with Gasteiger partial charge in [0.25, 0.3) is 0 Å². The first-order valence-corrected chi connectivity index (χ1v) is 6.53. The molecule has 0 aromatic heterocycles. The first kappa shape index (κ1) is 10.3. The number of amides is 2. The Morgan fingerprint density at radius 3 is 2.62 bits per heavy atom. The lowest BCUT2D eigenvalue weighted by Crippen LogP contribution is -2.42. The first-order chi connectivity index (χ1) is 7.41. The van der Waals surface area contributed by atoms with E-state index in [0.717, 1.165) is 24.3 Å². The van der Waals surface area contributed by atoms with E-state index in [1.54, 1.807) is 4.90 Å². The zero-order valence-electron chi connectivity index (χ0n) is 8.50. The summed E-state index contributed by atoms with van der Waals surface area (Å²) in [7, 11) is -4.62. The van der Waals surface area contributed by atoms with Crippen LogP contribution in [-0.4, -0.2) is 48.1 Å². The Morgan fingerprint density at radius 2 is 2.06 bits per heavy atom. The van der Waals surface area contributed by atoms with Crippen LogP contribution in [0.5, 0.6) is 0 Å². The lowest BCUT2D eigenvalue weighted by atomic mass is 9.90. The molecule has 1 atom stereocenters. The third kappa shape index (κ3) is 1.40. The molecule has 16 heavy (non-hydrogen) atoms. The predicted molar refractivity (Wildman–Crippen MR) is 51.5 cm³/mol. The molecular formula is C8H12N2O5S. The number of nitrogens with zero attached hydrogens (tertiary/aromatic N) is 2. The Labute approximate surface area is 92.9 Å². The van der Waals surface area contributed by atoms with E-state index in [1.165, 1.54) is 0 Å². The largest absolute Gasteiger partial charge is 0.418 e. The molecule has 2 heterocycles.